The maximum atomic E-state index is 12.0. The Kier molecular flexibility index (Phi) is 3.40. The zero-order chi connectivity index (χ0) is 15.5. The third-order valence-corrected chi connectivity index (χ3v) is 8.84. The van der Waals surface area contributed by atoms with Crippen molar-refractivity contribution in [3.8, 4) is 0 Å². The normalized spacial score (nSPS) is 54.2. The molecule has 124 valence electrons. The second-order valence-electron chi connectivity index (χ2n) is 9.42. The molecule has 0 heterocycles. The van der Waals surface area contributed by atoms with Crippen LogP contribution in [0, 0.1) is 40.4 Å². The minimum absolute atomic E-state index is 0.0789. The summed E-state index contributed by atoms with van der Waals surface area (Å²) in [5.74, 6) is 2.48. The molecule has 4 rings (SSSR count). The van der Waals surface area contributed by atoms with Gasteiger partial charge in [0, 0.05) is 0 Å². The van der Waals surface area contributed by atoms with Gasteiger partial charge in [-0.05, 0) is 85.9 Å². The van der Waals surface area contributed by atoms with Crippen molar-refractivity contribution in [2.45, 2.75) is 78.1 Å². The molecule has 2 heteroatoms. The van der Waals surface area contributed by atoms with Crippen LogP contribution < -0.4 is 0 Å². The number of rotatable bonds is 1. The van der Waals surface area contributed by atoms with Gasteiger partial charge in [-0.1, -0.05) is 26.7 Å². The lowest BCUT2D eigenvalue weighted by atomic mass is 9.43. The first-order valence-corrected chi connectivity index (χ1v) is 9.69. The van der Waals surface area contributed by atoms with Crippen LogP contribution in [0.2, 0.25) is 0 Å². The van der Waals surface area contributed by atoms with Crippen molar-refractivity contribution in [3.05, 3.63) is 0 Å². The van der Waals surface area contributed by atoms with E-state index in [-0.39, 0.29) is 11.3 Å². The second kappa shape index (κ2) is 4.98. The standard InChI is InChI=1S/C20H32O2/c1-19-11-4-7-15(19)14-9-8-13-5-3-6-17(18(21)22)20(13,2)16(14)10-12-19/h13-17H,3-12H2,1-2H3,(H,21,22)/t13?,14-,15-,16+,17?,19-,20-/m0/s1. The van der Waals surface area contributed by atoms with Crippen molar-refractivity contribution in [2.24, 2.45) is 40.4 Å². The van der Waals surface area contributed by atoms with Gasteiger partial charge < -0.3 is 5.11 Å². The lowest BCUT2D eigenvalue weighted by Crippen LogP contribution is -2.56. The molecule has 0 saturated heterocycles. The molecule has 7 atom stereocenters. The van der Waals surface area contributed by atoms with Crippen molar-refractivity contribution in [2.75, 3.05) is 0 Å². The van der Waals surface area contributed by atoms with E-state index in [0.717, 1.165) is 24.7 Å². The Morgan fingerprint density at radius 2 is 1.73 bits per heavy atom. The third kappa shape index (κ3) is 1.88. The van der Waals surface area contributed by atoms with Crippen LogP contribution in [0.25, 0.3) is 0 Å². The Morgan fingerprint density at radius 1 is 0.909 bits per heavy atom. The molecule has 1 N–H and O–H groups in total. The quantitative estimate of drug-likeness (QED) is 0.730. The lowest BCUT2D eigenvalue weighted by molar-refractivity contribution is -0.170. The minimum atomic E-state index is -0.507. The van der Waals surface area contributed by atoms with Gasteiger partial charge in [-0.2, -0.15) is 0 Å². The van der Waals surface area contributed by atoms with Gasteiger partial charge in [0.05, 0.1) is 5.92 Å². The highest BCUT2D eigenvalue weighted by atomic mass is 16.4. The van der Waals surface area contributed by atoms with Crippen LogP contribution in [0.1, 0.15) is 78.1 Å². The largest absolute Gasteiger partial charge is 0.481 e. The van der Waals surface area contributed by atoms with Crippen LogP contribution in [0.3, 0.4) is 0 Å². The maximum Gasteiger partial charge on any atom is 0.307 e. The molecule has 2 unspecified atom stereocenters. The van der Waals surface area contributed by atoms with Crippen molar-refractivity contribution in [3.63, 3.8) is 0 Å². The average molecular weight is 304 g/mol. The number of hydrogen-bond acceptors (Lipinski definition) is 1. The number of aliphatic carboxylic acids is 1. The molecule has 0 amide bonds. The van der Waals surface area contributed by atoms with E-state index in [9.17, 15) is 9.90 Å². The summed E-state index contributed by atoms with van der Waals surface area (Å²) in [5, 5.41) is 9.87. The first-order valence-electron chi connectivity index (χ1n) is 9.69. The van der Waals surface area contributed by atoms with Crippen molar-refractivity contribution < 1.29 is 9.90 Å². The monoisotopic (exact) mass is 304 g/mol. The van der Waals surface area contributed by atoms with E-state index in [1.165, 1.54) is 51.4 Å². The number of hydrogen-bond donors (Lipinski definition) is 1. The van der Waals surface area contributed by atoms with Gasteiger partial charge in [0.15, 0.2) is 0 Å². The predicted molar refractivity (Wildman–Crippen MR) is 87.5 cm³/mol. The molecule has 0 spiro atoms. The first-order chi connectivity index (χ1) is 10.5. The molecule has 4 fully saturated rings. The van der Waals surface area contributed by atoms with Crippen LogP contribution >= 0.6 is 0 Å². The molecule has 22 heavy (non-hydrogen) atoms. The third-order valence-electron chi connectivity index (χ3n) is 8.84. The molecule has 4 saturated carbocycles. The molecule has 0 aromatic heterocycles. The van der Waals surface area contributed by atoms with Crippen LogP contribution in [0.5, 0.6) is 0 Å². The molecule has 0 radical (unpaired) electrons. The van der Waals surface area contributed by atoms with Crippen LogP contribution in [0.4, 0.5) is 0 Å². The van der Waals surface area contributed by atoms with Gasteiger partial charge in [0.2, 0.25) is 0 Å². The van der Waals surface area contributed by atoms with E-state index >= 15 is 0 Å². The Bertz CT molecular complexity index is 472. The summed E-state index contributed by atoms with van der Waals surface area (Å²) in [4.78, 5) is 12.0. The van der Waals surface area contributed by atoms with Crippen molar-refractivity contribution in [1.29, 1.82) is 0 Å². The van der Waals surface area contributed by atoms with Gasteiger partial charge in [-0.3, -0.25) is 4.79 Å². The van der Waals surface area contributed by atoms with E-state index < -0.39 is 5.97 Å². The van der Waals surface area contributed by atoms with E-state index in [4.69, 9.17) is 0 Å². The summed E-state index contributed by atoms with van der Waals surface area (Å²) in [7, 11) is 0. The smallest absolute Gasteiger partial charge is 0.307 e. The zero-order valence-electron chi connectivity index (χ0n) is 14.3. The summed E-state index contributed by atoms with van der Waals surface area (Å²) in [6.45, 7) is 4.91. The molecule has 0 bridgehead atoms. The second-order valence-corrected chi connectivity index (χ2v) is 9.42. The summed E-state index contributed by atoms with van der Waals surface area (Å²) < 4.78 is 0. The number of fused-ring (bicyclic) bond motifs is 5. The molecule has 0 aromatic carbocycles. The molecule has 4 aliphatic rings. The summed E-state index contributed by atoms with van der Waals surface area (Å²) in [5.41, 5.74) is 0.661. The number of carbonyl (C=O) groups is 1. The fourth-order valence-electron chi connectivity index (χ4n) is 7.73. The van der Waals surface area contributed by atoms with E-state index in [1.54, 1.807) is 0 Å². The highest BCUT2D eigenvalue weighted by Crippen LogP contribution is 2.67. The Morgan fingerprint density at radius 3 is 2.50 bits per heavy atom. The number of carboxylic acid groups (broad SMARTS) is 1. The van der Waals surface area contributed by atoms with Crippen LogP contribution in [-0.4, -0.2) is 11.1 Å². The summed E-state index contributed by atoms with van der Waals surface area (Å²) in [6, 6.07) is 0. The molecule has 4 aliphatic carbocycles. The van der Waals surface area contributed by atoms with Gasteiger partial charge in [0.25, 0.3) is 0 Å². The maximum absolute atomic E-state index is 12.0. The predicted octanol–water partition coefficient (Wildman–Crippen LogP) is 5.12. The summed E-state index contributed by atoms with van der Waals surface area (Å²) >= 11 is 0. The molecule has 2 nitrogen and oxygen atoms in total. The van der Waals surface area contributed by atoms with Gasteiger partial charge in [-0.15, -0.1) is 0 Å². The van der Waals surface area contributed by atoms with Crippen molar-refractivity contribution >= 4 is 5.97 Å². The molecule has 0 aliphatic heterocycles. The van der Waals surface area contributed by atoms with Gasteiger partial charge in [0.1, 0.15) is 0 Å². The Balaban J connectivity index is 1.70. The molecular weight excluding hydrogens is 272 g/mol. The summed E-state index contributed by atoms with van der Waals surface area (Å²) in [6.07, 6.45) is 12.9. The number of carboxylic acids is 1. The van der Waals surface area contributed by atoms with E-state index in [0.29, 0.717) is 17.3 Å². The fraction of sp³-hybridized carbons (Fsp3) is 0.950. The van der Waals surface area contributed by atoms with Crippen molar-refractivity contribution in [1.82, 2.24) is 0 Å². The highest BCUT2D eigenvalue weighted by Gasteiger charge is 2.60. The average Bonchev–Trinajstić information content (AvgIpc) is 2.87. The Hall–Kier alpha value is -0.530. The zero-order valence-corrected chi connectivity index (χ0v) is 14.3. The van der Waals surface area contributed by atoms with Crippen LogP contribution in [-0.2, 0) is 4.79 Å². The minimum Gasteiger partial charge on any atom is -0.481 e. The SMILES string of the molecule is C[C@@]12CCC[C@H]1[C@@H]1CCC3CCCC(C(=O)O)[C@]3(C)[C@@H]1CC2. The highest BCUT2D eigenvalue weighted by molar-refractivity contribution is 5.71. The first kappa shape index (κ1) is 15.0. The van der Waals surface area contributed by atoms with E-state index in [2.05, 4.69) is 13.8 Å². The van der Waals surface area contributed by atoms with E-state index in [1.807, 2.05) is 0 Å². The molecule has 0 aromatic rings. The van der Waals surface area contributed by atoms with Gasteiger partial charge >= 0.3 is 5.97 Å². The fourth-order valence-corrected chi connectivity index (χ4v) is 7.73. The lowest BCUT2D eigenvalue weighted by Gasteiger charge is -2.61. The molecular formula is C20H32O2. The topological polar surface area (TPSA) is 37.3 Å². The Labute approximate surface area is 135 Å². The van der Waals surface area contributed by atoms with Crippen LogP contribution in [0.15, 0.2) is 0 Å². The van der Waals surface area contributed by atoms with Gasteiger partial charge in [-0.25, -0.2) is 0 Å².